The Bertz CT molecular complexity index is 596. The number of benzene rings is 1. The molecule has 3 heteroatoms. The molecular formula is C18H25NOS. The Morgan fingerprint density at radius 2 is 1.81 bits per heavy atom. The number of nitrogens with two attached hydrogens (primary N) is 1. The molecule has 0 aliphatic carbocycles. The van der Waals surface area contributed by atoms with Gasteiger partial charge in [-0.25, -0.2) is 0 Å². The largest absolute Gasteiger partial charge is 0.488 e. The fourth-order valence-electron chi connectivity index (χ4n) is 2.27. The Balaban J connectivity index is 2.19. The highest BCUT2D eigenvalue weighted by molar-refractivity contribution is 7.11. The summed E-state index contributed by atoms with van der Waals surface area (Å²) in [6, 6.07) is 10.7. The van der Waals surface area contributed by atoms with Crippen molar-refractivity contribution in [1.82, 2.24) is 0 Å². The van der Waals surface area contributed by atoms with Gasteiger partial charge in [0.15, 0.2) is 0 Å². The summed E-state index contributed by atoms with van der Waals surface area (Å²) in [5.41, 5.74) is 8.37. The van der Waals surface area contributed by atoms with Crippen LogP contribution >= 0.6 is 11.3 Å². The standard InChI is InChI=1S/C18H25NOS/c1-5-13-6-9-17(16(10-13)18(2,3)4)20-12-15-8-7-14(11-19)21-15/h6-10H,5,11-12,19H2,1-4H3. The number of hydrogen-bond donors (Lipinski definition) is 1. The van der Waals surface area contributed by atoms with E-state index in [9.17, 15) is 0 Å². The van der Waals surface area contributed by atoms with Gasteiger partial charge in [0.25, 0.3) is 0 Å². The van der Waals surface area contributed by atoms with Gasteiger partial charge in [0, 0.05) is 16.3 Å². The molecule has 0 amide bonds. The summed E-state index contributed by atoms with van der Waals surface area (Å²) in [6.07, 6.45) is 1.05. The molecule has 2 aromatic rings. The maximum Gasteiger partial charge on any atom is 0.123 e. The Hall–Kier alpha value is -1.32. The molecule has 0 bridgehead atoms. The van der Waals surface area contributed by atoms with Crippen LogP contribution in [-0.2, 0) is 25.0 Å². The Morgan fingerprint density at radius 3 is 2.38 bits per heavy atom. The maximum absolute atomic E-state index is 6.08. The molecular weight excluding hydrogens is 278 g/mol. The summed E-state index contributed by atoms with van der Waals surface area (Å²) in [5.74, 6) is 0.988. The molecule has 2 N–H and O–H groups in total. The fourth-order valence-corrected chi connectivity index (χ4v) is 3.08. The molecule has 1 aromatic carbocycles. The van der Waals surface area contributed by atoms with Crippen molar-refractivity contribution in [2.24, 2.45) is 5.73 Å². The monoisotopic (exact) mass is 303 g/mol. The molecule has 114 valence electrons. The summed E-state index contributed by atoms with van der Waals surface area (Å²) in [5, 5.41) is 0. The molecule has 0 atom stereocenters. The third-order valence-corrected chi connectivity index (χ3v) is 4.63. The normalized spacial score (nSPS) is 11.7. The molecule has 2 nitrogen and oxygen atoms in total. The molecule has 0 aliphatic rings. The van der Waals surface area contributed by atoms with E-state index in [0.29, 0.717) is 13.2 Å². The van der Waals surface area contributed by atoms with Crippen LogP contribution in [0.25, 0.3) is 0 Å². The summed E-state index contributed by atoms with van der Waals surface area (Å²) in [7, 11) is 0. The lowest BCUT2D eigenvalue weighted by atomic mass is 9.85. The molecule has 1 heterocycles. The number of thiophene rings is 1. The summed E-state index contributed by atoms with van der Waals surface area (Å²) >= 11 is 1.72. The fraction of sp³-hybridized carbons (Fsp3) is 0.444. The predicted octanol–water partition coefficient (Wildman–Crippen LogP) is 4.65. The lowest BCUT2D eigenvalue weighted by molar-refractivity contribution is 0.301. The Labute approximate surface area is 132 Å². The second-order valence-corrected chi connectivity index (χ2v) is 7.55. The first-order valence-corrected chi connectivity index (χ1v) is 8.29. The SMILES string of the molecule is CCc1ccc(OCc2ccc(CN)s2)c(C(C)(C)C)c1. The van der Waals surface area contributed by atoms with E-state index >= 15 is 0 Å². The second kappa shape index (κ2) is 6.63. The number of aryl methyl sites for hydroxylation is 1. The molecule has 0 unspecified atom stereocenters. The number of ether oxygens (including phenoxy) is 1. The highest BCUT2D eigenvalue weighted by Gasteiger charge is 2.19. The van der Waals surface area contributed by atoms with Gasteiger partial charge < -0.3 is 10.5 Å². The topological polar surface area (TPSA) is 35.2 Å². The molecule has 0 saturated heterocycles. The second-order valence-electron chi connectivity index (χ2n) is 6.29. The molecule has 0 saturated carbocycles. The van der Waals surface area contributed by atoms with Gasteiger partial charge in [-0.05, 0) is 41.2 Å². The van der Waals surface area contributed by atoms with Gasteiger partial charge in [0.1, 0.15) is 12.4 Å². The molecule has 0 radical (unpaired) electrons. The molecule has 21 heavy (non-hydrogen) atoms. The van der Waals surface area contributed by atoms with Gasteiger partial charge in [-0.2, -0.15) is 0 Å². The van der Waals surface area contributed by atoms with Crippen LogP contribution in [0.1, 0.15) is 48.6 Å². The number of hydrogen-bond acceptors (Lipinski definition) is 3. The molecule has 0 aliphatic heterocycles. The summed E-state index contributed by atoms with van der Waals surface area (Å²) in [4.78, 5) is 2.42. The van der Waals surface area contributed by atoms with Crippen molar-refractivity contribution < 1.29 is 4.74 Å². The van der Waals surface area contributed by atoms with Gasteiger partial charge in [0.2, 0.25) is 0 Å². The van der Waals surface area contributed by atoms with Gasteiger partial charge >= 0.3 is 0 Å². The average Bonchev–Trinajstić information content (AvgIpc) is 2.92. The van der Waals surface area contributed by atoms with Crippen molar-refractivity contribution in [3.63, 3.8) is 0 Å². The highest BCUT2D eigenvalue weighted by atomic mass is 32.1. The van der Waals surface area contributed by atoms with Crippen LogP contribution in [0.4, 0.5) is 0 Å². The van der Waals surface area contributed by atoms with E-state index in [1.165, 1.54) is 20.9 Å². The van der Waals surface area contributed by atoms with Crippen LogP contribution < -0.4 is 10.5 Å². The minimum Gasteiger partial charge on any atom is -0.488 e. The van der Waals surface area contributed by atoms with Crippen molar-refractivity contribution >= 4 is 11.3 Å². The van der Waals surface area contributed by atoms with E-state index in [2.05, 4.69) is 58.0 Å². The van der Waals surface area contributed by atoms with E-state index in [0.717, 1.165) is 12.2 Å². The minimum atomic E-state index is 0.0817. The third-order valence-electron chi connectivity index (χ3n) is 3.55. The van der Waals surface area contributed by atoms with Gasteiger partial charge in [-0.3, -0.25) is 0 Å². The van der Waals surface area contributed by atoms with E-state index in [4.69, 9.17) is 10.5 Å². The van der Waals surface area contributed by atoms with Crippen LogP contribution in [0.5, 0.6) is 5.75 Å². The van der Waals surface area contributed by atoms with Crippen LogP contribution in [0.2, 0.25) is 0 Å². The zero-order valence-corrected chi connectivity index (χ0v) is 14.2. The molecule has 1 aromatic heterocycles. The van der Waals surface area contributed by atoms with Crippen molar-refractivity contribution in [1.29, 1.82) is 0 Å². The van der Waals surface area contributed by atoms with E-state index in [-0.39, 0.29) is 5.41 Å². The molecule has 0 fully saturated rings. The van der Waals surface area contributed by atoms with Crippen molar-refractivity contribution in [3.8, 4) is 5.75 Å². The average molecular weight is 303 g/mol. The predicted molar refractivity (Wildman–Crippen MR) is 91.1 cm³/mol. The van der Waals surface area contributed by atoms with E-state index < -0.39 is 0 Å². The Kier molecular flexibility index (Phi) is 5.07. The van der Waals surface area contributed by atoms with Gasteiger partial charge in [-0.1, -0.05) is 39.8 Å². The maximum atomic E-state index is 6.08. The summed E-state index contributed by atoms with van der Waals surface area (Å²) in [6.45, 7) is 10.1. The van der Waals surface area contributed by atoms with Crippen molar-refractivity contribution in [3.05, 3.63) is 51.2 Å². The quantitative estimate of drug-likeness (QED) is 0.873. The van der Waals surface area contributed by atoms with E-state index in [1.54, 1.807) is 11.3 Å². The third kappa shape index (κ3) is 4.08. The first kappa shape index (κ1) is 16.1. The minimum absolute atomic E-state index is 0.0817. The van der Waals surface area contributed by atoms with Crippen molar-refractivity contribution in [2.45, 2.75) is 52.7 Å². The first-order chi connectivity index (χ1) is 9.94. The molecule has 2 rings (SSSR count). The first-order valence-electron chi connectivity index (χ1n) is 7.48. The summed E-state index contributed by atoms with van der Waals surface area (Å²) < 4.78 is 6.08. The molecule has 0 spiro atoms. The lowest BCUT2D eigenvalue weighted by Gasteiger charge is -2.23. The van der Waals surface area contributed by atoms with Crippen LogP contribution in [0.15, 0.2) is 30.3 Å². The van der Waals surface area contributed by atoms with Crippen LogP contribution in [0, 0.1) is 0 Å². The van der Waals surface area contributed by atoms with E-state index in [1.807, 2.05) is 0 Å². The van der Waals surface area contributed by atoms with Gasteiger partial charge in [0.05, 0.1) is 0 Å². The van der Waals surface area contributed by atoms with Crippen LogP contribution in [-0.4, -0.2) is 0 Å². The van der Waals surface area contributed by atoms with Crippen LogP contribution in [0.3, 0.4) is 0 Å². The van der Waals surface area contributed by atoms with Crippen molar-refractivity contribution in [2.75, 3.05) is 0 Å². The number of rotatable bonds is 5. The zero-order valence-electron chi connectivity index (χ0n) is 13.4. The lowest BCUT2D eigenvalue weighted by Crippen LogP contribution is -2.14. The zero-order chi connectivity index (χ0) is 15.5. The van der Waals surface area contributed by atoms with Gasteiger partial charge in [-0.15, -0.1) is 11.3 Å². The highest BCUT2D eigenvalue weighted by Crippen LogP contribution is 2.33. The smallest absolute Gasteiger partial charge is 0.123 e. The Morgan fingerprint density at radius 1 is 1.10 bits per heavy atom.